The second-order valence-electron chi connectivity index (χ2n) is 6.78. The van der Waals surface area contributed by atoms with Gasteiger partial charge >= 0.3 is 0 Å². The highest BCUT2D eigenvalue weighted by atomic mass is 16.6. The maximum atomic E-state index is 5.97. The zero-order chi connectivity index (χ0) is 17.9. The van der Waals surface area contributed by atoms with Crippen molar-refractivity contribution in [3.63, 3.8) is 0 Å². The van der Waals surface area contributed by atoms with Crippen molar-refractivity contribution in [1.82, 2.24) is 20.1 Å². The molecule has 1 saturated heterocycles. The summed E-state index contributed by atoms with van der Waals surface area (Å²) in [5, 5.41) is 8.14. The number of aromatic nitrogens is 3. The molecule has 1 unspecified atom stereocenters. The lowest BCUT2D eigenvalue weighted by Crippen LogP contribution is -2.40. The monoisotopic (exact) mass is 356 g/mol. The Morgan fingerprint density at radius 3 is 2.65 bits per heavy atom. The van der Waals surface area contributed by atoms with Crippen LogP contribution in [0.15, 0.2) is 24.3 Å². The van der Waals surface area contributed by atoms with Gasteiger partial charge in [-0.25, -0.2) is 4.98 Å². The Balaban J connectivity index is 1.34. The molecule has 0 radical (unpaired) electrons. The molecular weight excluding hydrogens is 332 g/mol. The number of hydrogen-bond donors (Lipinski definition) is 0. The third-order valence-electron chi connectivity index (χ3n) is 4.94. The zero-order valence-electron chi connectivity index (χ0n) is 15.2. The van der Waals surface area contributed by atoms with E-state index < -0.39 is 0 Å². The predicted octanol–water partition coefficient (Wildman–Crippen LogP) is 2.56. The molecule has 2 aliphatic heterocycles. The predicted molar refractivity (Wildman–Crippen MR) is 95.6 cm³/mol. The van der Waals surface area contributed by atoms with Gasteiger partial charge in [-0.05, 0) is 44.9 Å². The van der Waals surface area contributed by atoms with E-state index in [1.54, 1.807) is 0 Å². The van der Waals surface area contributed by atoms with Crippen LogP contribution in [0.3, 0.4) is 0 Å². The Labute approximate surface area is 153 Å². The number of pyridine rings is 1. The summed E-state index contributed by atoms with van der Waals surface area (Å²) in [4.78, 5) is 7.07. The lowest BCUT2D eigenvalue weighted by atomic mass is 10.0. The van der Waals surface area contributed by atoms with Gasteiger partial charge in [-0.3, -0.25) is 4.90 Å². The molecule has 0 saturated carbocycles. The number of hydrogen-bond acceptors (Lipinski definition) is 7. The molecule has 2 aliphatic rings. The molecule has 0 aromatic carbocycles. The molecule has 26 heavy (non-hydrogen) atoms. The summed E-state index contributed by atoms with van der Waals surface area (Å²) in [7, 11) is 0. The molecule has 4 rings (SSSR count). The fourth-order valence-electron chi connectivity index (χ4n) is 3.37. The van der Waals surface area contributed by atoms with Crippen molar-refractivity contribution in [1.29, 1.82) is 0 Å². The minimum absolute atomic E-state index is 0.184. The topological polar surface area (TPSA) is 69.6 Å². The van der Waals surface area contributed by atoms with Gasteiger partial charge in [0.1, 0.15) is 19.3 Å². The minimum atomic E-state index is 0.184. The van der Waals surface area contributed by atoms with Crippen molar-refractivity contribution in [3.8, 4) is 17.5 Å². The number of aryl methyl sites for hydroxylation is 1. The summed E-state index contributed by atoms with van der Waals surface area (Å²) in [6.45, 7) is 7.17. The first-order valence-electron chi connectivity index (χ1n) is 9.16. The van der Waals surface area contributed by atoms with E-state index in [2.05, 4.69) is 27.0 Å². The SMILES string of the molecule is Cc1ccc(OC2CCN(C(C)c3ccc4c(n3)OCCO4)CC2)nn1. The Morgan fingerprint density at radius 1 is 1.08 bits per heavy atom. The van der Waals surface area contributed by atoms with Crippen LogP contribution >= 0.6 is 0 Å². The van der Waals surface area contributed by atoms with E-state index in [1.807, 2.05) is 31.2 Å². The van der Waals surface area contributed by atoms with Gasteiger partial charge in [0.15, 0.2) is 5.75 Å². The van der Waals surface area contributed by atoms with E-state index in [1.165, 1.54) is 0 Å². The molecule has 2 aromatic heterocycles. The zero-order valence-corrected chi connectivity index (χ0v) is 15.2. The van der Waals surface area contributed by atoms with Crippen molar-refractivity contribution in [2.45, 2.75) is 38.8 Å². The average molecular weight is 356 g/mol. The van der Waals surface area contributed by atoms with Gasteiger partial charge in [-0.1, -0.05) is 0 Å². The summed E-state index contributed by atoms with van der Waals surface area (Å²) in [6.07, 6.45) is 2.11. The van der Waals surface area contributed by atoms with Crippen LogP contribution in [0.25, 0.3) is 0 Å². The number of rotatable bonds is 4. The van der Waals surface area contributed by atoms with Crippen LogP contribution in [-0.2, 0) is 0 Å². The van der Waals surface area contributed by atoms with E-state index in [0.29, 0.717) is 25.0 Å². The molecule has 0 bridgehead atoms. The van der Waals surface area contributed by atoms with Gasteiger partial charge in [-0.15, -0.1) is 5.10 Å². The van der Waals surface area contributed by atoms with Gasteiger partial charge < -0.3 is 14.2 Å². The summed E-state index contributed by atoms with van der Waals surface area (Å²) >= 11 is 0. The van der Waals surface area contributed by atoms with Crippen molar-refractivity contribution < 1.29 is 14.2 Å². The summed E-state index contributed by atoms with van der Waals surface area (Å²) < 4.78 is 17.1. The molecule has 138 valence electrons. The van der Waals surface area contributed by atoms with Crippen LogP contribution in [0.1, 0.15) is 37.2 Å². The molecule has 0 N–H and O–H groups in total. The highest BCUT2D eigenvalue weighted by Gasteiger charge is 2.26. The third kappa shape index (κ3) is 3.72. The fraction of sp³-hybridized carbons (Fsp3) is 0.526. The molecular formula is C19H24N4O3. The van der Waals surface area contributed by atoms with Crippen molar-refractivity contribution in [2.24, 2.45) is 0 Å². The number of likely N-dealkylation sites (tertiary alicyclic amines) is 1. The van der Waals surface area contributed by atoms with E-state index in [-0.39, 0.29) is 12.1 Å². The van der Waals surface area contributed by atoms with Crippen molar-refractivity contribution in [3.05, 3.63) is 35.7 Å². The van der Waals surface area contributed by atoms with Crippen LogP contribution in [0.4, 0.5) is 0 Å². The van der Waals surface area contributed by atoms with E-state index in [4.69, 9.17) is 14.2 Å². The van der Waals surface area contributed by atoms with Gasteiger partial charge in [-0.2, -0.15) is 5.10 Å². The molecule has 4 heterocycles. The van der Waals surface area contributed by atoms with Crippen LogP contribution in [0.2, 0.25) is 0 Å². The lowest BCUT2D eigenvalue weighted by Gasteiger charge is -2.35. The average Bonchev–Trinajstić information content (AvgIpc) is 2.69. The van der Waals surface area contributed by atoms with Crippen LogP contribution in [-0.4, -0.2) is 52.5 Å². The smallest absolute Gasteiger partial charge is 0.257 e. The Hall–Kier alpha value is -2.41. The van der Waals surface area contributed by atoms with Crippen LogP contribution < -0.4 is 14.2 Å². The van der Waals surface area contributed by atoms with E-state index >= 15 is 0 Å². The van der Waals surface area contributed by atoms with Crippen molar-refractivity contribution in [2.75, 3.05) is 26.3 Å². The maximum Gasteiger partial charge on any atom is 0.257 e. The highest BCUT2D eigenvalue weighted by molar-refractivity contribution is 5.36. The summed E-state index contributed by atoms with van der Waals surface area (Å²) in [5.41, 5.74) is 1.91. The largest absolute Gasteiger partial charge is 0.484 e. The fourth-order valence-corrected chi connectivity index (χ4v) is 3.37. The first-order valence-corrected chi connectivity index (χ1v) is 9.16. The lowest BCUT2D eigenvalue weighted by molar-refractivity contribution is 0.0746. The van der Waals surface area contributed by atoms with Gasteiger partial charge in [0, 0.05) is 25.2 Å². The quantitative estimate of drug-likeness (QED) is 0.834. The second kappa shape index (κ2) is 7.45. The van der Waals surface area contributed by atoms with Crippen molar-refractivity contribution >= 4 is 0 Å². The molecule has 7 nitrogen and oxygen atoms in total. The van der Waals surface area contributed by atoms with E-state index in [9.17, 15) is 0 Å². The molecule has 0 aliphatic carbocycles. The molecule has 0 amide bonds. The normalized spacial score (nSPS) is 19.2. The standard InChI is InChI=1S/C19H24N4O3/c1-13-3-6-18(22-21-13)26-15-7-9-23(10-8-15)14(2)16-4-5-17-19(20-16)25-12-11-24-17/h3-6,14-15H,7-12H2,1-2H3. The summed E-state index contributed by atoms with van der Waals surface area (Å²) in [5.74, 6) is 1.95. The molecule has 0 spiro atoms. The number of nitrogens with zero attached hydrogens (tertiary/aromatic N) is 4. The first kappa shape index (κ1) is 17.0. The number of piperidine rings is 1. The Bertz CT molecular complexity index is 745. The van der Waals surface area contributed by atoms with Crippen LogP contribution in [0, 0.1) is 6.92 Å². The van der Waals surface area contributed by atoms with Gasteiger partial charge in [0.25, 0.3) is 5.88 Å². The molecule has 2 aromatic rings. The molecule has 7 heteroatoms. The number of ether oxygens (including phenoxy) is 3. The highest BCUT2D eigenvalue weighted by Crippen LogP contribution is 2.31. The third-order valence-corrected chi connectivity index (χ3v) is 4.94. The maximum absolute atomic E-state index is 5.97. The van der Waals surface area contributed by atoms with Gasteiger partial charge in [0.05, 0.1) is 11.4 Å². The summed E-state index contributed by atoms with van der Waals surface area (Å²) in [6, 6.07) is 8.02. The van der Waals surface area contributed by atoms with Gasteiger partial charge in [0.2, 0.25) is 5.88 Å². The molecule has 1 atom stereocenters. The molecule has 1 fully saturated rings. The van der Waals surface area contributed by atoms with E-state index in [0.717, 1.165) is 43.1 Å². The Morgan fingerprint density at radius 2 is 1.88 bits per heavy atom. The van der Waals surface area contributed by atoms with Crippen LogP contribution in [0.5, 0.6) is 17.5 Å². The minimum Gasteiger partial charge on any atom is -0.484 e. The Kier molecular flexibility index (Phi) is 4.88. The second-order valence-corrected chi connectivity index (χ2v) is 6.78. The first-order chi connectivity index (χ1) is 12.7. The number of fused-ring (bicyclic) bond motifs is 1.